The number of hydrogen-bond acceptors (Lipinski definition) is 2. The van der Waals surface area contributed by atoms with Crippen LogP contribution in [-0.2, 0) is 9.53 Å². The van der Waals surface area contributed by atoms with E-state index in [1.54, 1.807) is 0 Å². The molecule has 0 bridgehead atoms. The lowest BCUT2D eigenvalue weighted by Crippen LogP contribution is -2.22. The Bertz CT molecular complexity index is 144. The van der Waals surface area contributed by atoms with Crippen LogP contribution in [0.1, 0.15) is 47.5 Å². The third kappa shape index (κ3) is 6.20. The predicted molar refractivity (Wildman–Crippen MR) is 49.9 cm³/mol. The monoisotopic (exact) mass is 172 g/mol. The first-order valence-electron chi connectivity index (χ1n) is 4.52. The largest absolute Gasteiger partial charge is 0.463 e. The Balaban J connectivity index is 3.92. The zero-order chi connectivity index (χ0) is 9.78. The molecule has 0 aromatic rings. The second-order valence-corrected chi connectivity index (χ2v) is 4.40. The number of hydrogen-bond donors (Lipinski definition) is 0. The predicted octanol–water partition coefficient (Wildman–Crippen LogP) is 2.76. The van der Waals surface area contributed by atoms with Crippen molar-refractivity contribution in [3.8, 4) is 0 Å². The lowest BCUT2D eigenvalue weighted by Gasteiger charge is -2.24. The van der Waals surface area contributed by atoms with Crippen molar-refractivity contribution in [3.05, 3.63) is 0 Å². The number of carbonyl (C=O) groups is 1. The van der Waals surface area contributed by atoms with Crippen LogP contribution < -0.4 is 0 Å². The molecule has 0 aliphatic heterocycles. The molecule has 0 N–H and O–H groups in total. The first-order chi connectivity index (χ1) is 5.35. The van der Waals surface area contributed by atoms with Crippen LogP contribution in [0.15, 0.2) is 0 Å². The molecule has 0 amide bonds. The normalized spacial score (nSPS) is 14.1. The van der Waals surface area contributed by atoms with Gasteiger partial charge in [-0.05, 0) is 18.3 Å². The van der Waals surface area contributed by atoms with Gasteiger partial charge < -0.3 is 4.74 Å². The van der Waals surface area contributed by atoms with Crippen molar-refractivity contribution in [2.75, 3.05) is 0 Å². The van der Waals surface area contributed by atoms with E-state index in [1.165, 1.54) is 6.92 Å². The molecule has 0 aliphatic rings. The van der Waals surface area contributed by atoms with Crippen LogP contribution in [0.2, 0.25) is 0 Å². The number of esters is 1. The van der Waals surface area contributed by atoms with E-state index in [0.717, 1.165) is 12.8 Å². The fraction of sp³-hybridized carbons (Fsp3) is 0.900. The Hall–Kier alpha value is -0.530. The smallest absolute Gasteiger partial charge is 0.302 e. The van der Waals surface area contributed by atoms with E-state index in [4.69, 9.17) is 4.74 Å². The number of ether oxygens (including phenoxy) is 1. The summed E-state index contributed by atoms with van der Waals surface area (Å²) in [5, 5.41) is 0. The van der Waals surface area contributed by atoms with Crippen molar-refractivity contribution in [3.63, 3.8) is 0 Å². The summed E-state index contributed by atoms with van der Waals surface area (Å²) in [5.74, 6) is -0.175. The maximum absolute atomic E-state index is 10.7. The number of carbonyl (C=O) groups excluding carboxylic acids is 1. The molecule has 72 valence electrons. The van der Waals surface area contributed by atoms with E-state index in [1.807, 2.05) is 6.92 Å². The van der Waals surface area contributed by atoms with Gasteiger partial charge in [0.25, 0.3) is 0 Å². The van der Waals surface area contributed by atoms with Crippen LogP contribution in [0.25, 0.3) is 0 Å². The van der Waals surface area contributed by atoms with E-state index >= 15 is 0 Å². The van der Waals surface area contributed by atoms with Crippen LogP contribution in [0.5, 0.6) is 0 Å². The highest BCUT2D eigenvalue weighted by Crippen LogP contribution is 2.23. The molecule has 1 atom stereocenters. The summed E-state index contributed by atoms with van der Waals surface area (Å²) in [6, 6.07) is 0. The molecule has 0 saturated heterocycles. The molecule has 0 aromatic carbocycles. The zero-order valence-electron chi connectivity index (χ0n) is 8.81. The van der Waals surface area contributed by atoms with Gasteiger partial charge in [0.1, 0.15) is 6.10 Å². The minimum Gasteiger partial charge on any atom is -0.463 e. The van der Waals surface area contributed by atoms with Gasteiger partial charge in [-0.3, -0.25) is 4.79 Å². The van der Waals surface area contributed by atoms with Crippen molar-refractivity contribution in [1.82, 2.24) is 0 Å². The van der Waals surface area contributed by atoms with Gasteiger partial charge in [0.05, 0.1) is 0 Å². The Kier molecular flexibility index (Phi) is 4.29. The molecule has 0 aromatic heterocycles. The molecule has 1 unspecified atom stereocenters. The van der Waals surface area contributed by atoms with E-state index in [2.05, 4.69) is 20.8 Å². The van der Waals surface area contributed by atoms with Gasteiger partial charge in [-0.1, -0.05) is 27.7 Å². The summed E-state index contributed by atoms with van der Waals surface area (Å²) >= 11 is 0. The van der Waals surface area contributed by atoms with Crippen LogP contribution in [0.4, 0.5) is 0 Å². The summed E-state index contributed by atoms with van der Waals surface area (Å²) in [6.07, 6.45) is 1.92. The average Bonchev–Trinajstić information content (AvgIpc) is 1.82. The second-order valence-electron chi connectivity index (χ2n) is 4.40. The summed E-state index contributed by atoms with van der Waals surface area (Å²) in [6.45, 7) is 9.96. The molecule has 0 heterocycles. The van der Waals surface area contributed by atoms with Gasteiger partial charge in [0.2, 0.25) is 0 Å². The summed E-state index contributed by atoms with van der Waals surface area (Å²) < 4.78 is 5.14. The molecule has 0 radical (unpaired) electrons. The first-order valence-corrected chi connectivity index (χ1v) is 4.52. The molecule has 0 fully saturated rings. The van der Waals surface area contributed by atoms with Crippen LogP contribution in [0, 0.1) is 5.41 Å². The molecule has 0 aliphatic carbocycles. The summed E-state index contributed by atoms with van der Waals surface area (Å²) in [4.78, 5) is 10.7. The maximum atomic E-state index is 10.7. The highest BCUT2D eigenvalue weighted by Gasteiger charge is 2.19. The van der Waals surface area contributed by atoms with E-state index < -0.39 is 0 Å². The number of rotatable bonds is 3. The van der Waals surface area contributed by atoms with Crippen LogP contribution >= 0.6 is 0 Å². The molecule has 2 heteroatoms. The quantitative estimate of drug-likeness (QED) is 0.612. The van der Waals surface area contributed by atoms with E-state index in [9.17, 15) is 4.79 Å². The SMILES string of the molecule is CCC(CC(C)(C)C)OC(C)=O. The highest BCUT2D eigenvalue weighted by atomic mass is 16.5. The fourth-order valence-electron chi connectivity index (χ4n) is 1.19. The molecular formula is C10H20O2. The average molecular weight is 172 g/mol. The Labute approximate surface area is 75.3 Å². The van der Waals surface area contributed by atoms with Crippen molar-refractivity contribution >= 4 is 5.97 Å². The fourth-order valence-corrected chi connectivity index (χ4v) is 1.19. The van der Waals surface area contributed by atoms with Gasteiger partial charge in [0.15, 0.2) is 0 Å². The third-order valence-electron chi connectivity index (χ3n) is 1.63. The summed E-state index contributed by atoms with van der Waals surface area (Å²) in [7, 11) is 0. The van der Waals surface area contributed by atoms with Crippen molar-refractivity contribution in [1.29, 1.82) is 0 Å². The third-order valence-corrected chi connectivity index (χ3v) is 1.63. The van der Waals surface area contributed by atoms with Crippen molar-refractivity contribution < 1.29 is 9.53 Å². The Morgan fingerprint density at radius 2 is 1.92 bits per heavy atom. The van der Waals surface area contributed by atoms with Crippen molar-refractivity contribution in [2.24, 2.45) is 5.41 Å². The minimum absolute atomic E-state index is 0.0856. The molecule has 0 saturated carbocycles. The van der Waals surface area contributed by atoms with E-state index in [-0.39, 0.29) is 17.5 Å². The van der Waals surface area contributed by atoms with E-state index in [0.29, 0.717) is 0 Å². The van der Waals surface area contributed by atoms with Gasteiger partial charge >= 0.3 is 5.97 Å². The molecule has 0 rings (SSSR count). The Morgan fingerprint density at radius 3 is 2.17 bits per heavy atom. The van der Waals surface area contributed by atoms with Gasteiger partial charge in [-0.15, -0.1) is 0 Å². The van der Waals surface area contributed by atoms with Gasteiger partial charge in [0, 0.05) is 6.92 Å². The lowest BCUT2D eigenvalue weighted by molar-refractivity contribution is -0.147. The minimum atomic E-state index is -0.175. The topological polar surface area (TPSA) is 26.3 Å². The molecule has 12 heavy (non-hydrogen) atoms. The van der Waals surface area contributed by atoms with Crippen molar-refractivity contribution in [2.45, 2.75) is 53.6 Å². The second kappa shape index (κ2) is 4.48. The maximum Gasteiger partial charge on any atom is 0.302 e. The standard InChI is InChI=1S/C10H20O2/c1-6-9(12-8(2)11)7-10(3,4)5/h9H,6-7H2,1-5H3. The van der Waals surface area contributed by atoms with Gasteiger partial charge in [-0.2, -0.15) is 0 Å². The molecule has 0 spiro atoms. The molecular weight excluding hydrogens is 152 g/mol. The summed E-state index contributed by atoms with van der Waals surface area (Å²) in [5.41, 5.74) is 0.232. The van der Waals surface area contributed by atoms with Crippen LogP contribution in [0.3, 0.4) is 0 Å². The van der Waals surface area contributed by atoms with Gasteiger partial charge in [-0.25, -0.2) is 0 Å². The van der Waals surface area contributed by atoms with Crippen LogP contribution in [-0.4, -0.2) is 12.1 Å². The molecule has 2 nitrogen and oxygen atoms in total. The highest BCUT2D eigenvalue weighted by molar-refractivity contribution is 5.66. The lowest BCUT2D eigenvalue weighted by atomic mass is 9.88. The Morgan fingerprint density at radius 1 is 1.42 bits per heavy atom. The zero-order valence-corrected chi connectivity index (χ0v) is 8.81. The first kappa shape index (κ1) is 11.5.